The summed E-state index contributed by atoms with van der Waals surface area (Å²) >= 11 is 0. The molecule has 0 aromatic heterocycles. The zero-order chi connectivity index (χ0) is 13.8. The van der Waals surface area contributed by atoms with Crippen LogP contribution in [-0.4, -0.2) is 36.1 Å². The van der Waals surface area contributed by atoms with Gasteiger partial charge in [-0.1, -0.05) is 37.3 Å². The van der Waals surface area contributed by atoms with Crippen molar-refractivity contribution in [1.29, 1.82) is 0 Å². The third kappa shape index (κ3) is 3.62. The van der Waals surface area contributed by atoms with Gasteiger partial charge < -0.3 is 5.32 Å². The van der Waals surface area contributed by atoms with E-state index in [0.29, 0.717) is 6.04 Å². The van der Waals surface area contributed by atoms with Crippen LogP contribution >= 0.6 is 0 Å². The summed E-state index contributed by atoms with van der Waals surface area (Å²) in [6.45, 7) is 4.83. The van der Waals surface area contributed by atoms with Gasteiger partial charge in [0.25, 0.3) is 0 Å². The molecule has 1 N–H and O–H groups in total. The number of hydrogen-bond acceptors (Lipinski definition) is 2. The summed E-state index contributed by atoms with van der Waals surface area (Å²) in [7, 11) is 0. The van der Waals surface area contributed by atoms with E-state index < -0.39 is 0 Å². The summed E-state index contributed by atoms with van der Waals surface area (Å²) in [5, 5.41) is 3.67. The first kappa shape index (κ1) is 14.1. The SMILES string of the molecule is CCC(Cc1ccccc1)N(CC1CCCN1)C1CC1. The van der Waals surface area contributed by atoms with Crippen molar-refractivity contribution in [3.05, 3.63) is 35.9 Å². The van der Waals surface area contributed by atoms with Gasteiger partial charge in [-0.05, 0) is 50.6 Å². The van der Waals surface area contributed by atoms with Gasteiger partial charge in [0.2, 0.25) is 0 Å². The van der Waals surface area contributed by atoms with Crippen molar-refractivity contribution in [1.82, 2.24) is 10.2 Å². The molecule has 1 aliphatic heterocycles. The molecule has 1 aromatic carbocycles. The molecule has 2 heteroatoms. The highest BCUT2D eigenvalue weighted by molar-refractivity contribution is 5.16. The van der Waals surface area contributed by atoms with E-state index in [2.05, 4.69) is 47.5 Å². The molecule has 2 fully saturated rings. The summed E-state index contributed by atoms with van der Waals surface area (Å²) in [6, 6.07) is 13.3. The van der Waals surface area contributed by atoms with Gasteiger partial charge in [-0.2, -0.15) is 0 Å². The Bertz CT molecular complexity index is 393. The lowest BCUT2D eigenvalue weighted by Gasteiger charge is -2.33. The van der Waals surface area contributed by atoms with E-state index in [0.717, 1.165) is 12.1 Å². The summed E-state index contributed by atoms with van der Waals surface area (Å²) in [5.74, 6) is 0. The lowest BCUT2D eigenvalue weighted by Crippen LogP contribution is -2.45. The Morgan fingerprint density at radius 1 is 1.20 bits per heavy atom. The van der Waals surface area contributed by atoms with Gasteiger partial charge in [0.05, 0.1) is 0 Å². The molecule has 2 aliphatic rings. The quantitative estimate of drug-likeness (QED) is 0.820. The van der Waals surface area contributed by atoms with Gasteiger partial charge in [-0.25, -0.2) is 0 Å². The first-order valence-electron chi connectivity index (χ1n) is 8.40. The fourth-order valence-electron chi connectivity index (χ4n) is 3.55. The second-order valence-electron chi connectivity index (χ2n) is 6.47. The van der Waals surface area contributed by atoms with Gasteiger partial charge in [0.1, 0.15) is 0 Å². The standard InChI is InChI=1S/C18H28N2/c1-2-17(13-15-7-4-3-5-8-15)20(18-10-11-18)14-16-9-6-12-19-16/h3-5,7-8,16-19H,2,6,9-14H2,1H3. The molecule has 2 unspecified atom stereocenters. The number of benzene rings is 1. The van der Waals surface area contributed by atoms with Crippen LogP contribution in [-0.2, 0) is 6.42 Å². The van der Waals surface area contributed by atoms with Crippen LogP contribution in [0.4, 0.5) is 0 Å². The Balaban J connectivity index is 1.64. The van der Waals surface area contributed by atoms with E-state index in [1.54, 1.807) is 0 Å². The van der Waals surface area contributed by atoms with Crippen LogP contribution in [0.2, 0.25) is 0 Å². The third-order valence-corrected chi connectivity index (χ3v) is 4.86. The largest absolute Gasteiger partial charge is 0.313 e. The molecule has 1 saturated heterocycles. The van der Waals surface area contributed by atoms with Crippen molar-refractivity contribution < 1.29 is 0 Å². The molecule has 1 aliphatic carbocycles. The van der Waals surface area contributed by atoms with E-state index in [4.69, 9.17) is 0 Å². The van der Waals surface area contributed by atoms with Crippen molar-refractivity contribution >= 4 is 0 Å². The average Bonchev–Trinajstić information content (AvgIpc) is 3.20. The van der Waals surface area contributed by atoms with Gasteiger partial charge >= 0.3 is 0 Å². The molecule has 0 radical (unpaired) electrons. The predicted molar refractivity (Wildman–Crippen MR) is 85.0 cm³/mol. The molecular weight excluding hydrogens is 244 g/mol. The maximum atomic E-state index is 3.67. The molecule has 1 saturated carbocycles. The van der Waals surface area contributed by atoms with E-state index in [1.807, 2.05) is 0 Å². The van der Waals surface area contributed by atoms with Gasteiger partial charge in [0.15, 0.2) is 0 Å². The number of rotatable bonds is 7. The van der Waals surface area contributed by atoms with Crippen molar-refractivity contribution in [2.24, 2.45) is 0 Å². The maximum Gasteiger partial charge on any atom is 0.0195 e. The second kappa shape index (κ2) is 6.73. The third-order valence-electron chi connectivity index (χ3n) is 4.86. The normalized spacial score (nSPS) is 24.2. The second-order valence-corrected chi connectivity index (χ2v) is 6.47. The molecule has 110 valence electrons. The van der Waals surface area contributed by atoms with Crippen molar-refractivity contribution in [3.63, 3.8) is 0 Å². The van der Waals surface area contributed by atoms with Crippen molar-refractivity contribution in [2.75, 3.05) is 13.1 Å². The molecule has 1 aromatic rings. The fraction of sp³-hybridized carbons (Fsp3) is 0.667. The first-order valence-corrected chi connectivity index (χ1v) is 8.40. The molecule has 2 atom stereocenters. The minimum atomic E-state index is 0.715. The van der Waals surface area contributed by atoms with E-state index >= 15 is 0 Å². The van der Waals surface area contributed by atoms with Crippen molar-refractivity contribution in [3.8, 4) is 0 Å². The van der Waals surface area contributed by atoms with E-state index in [-0.39, 0.29) is 0 Å². The van der Waals surface area contributed by atoms with Gasteiger partial charge in [0, 0.05) is 24.7 Å². The maximum absolute atomic E-state index is 3.67. The number of nitrogens with one attached hydrogen (secondary N) is 1. The van der Waals surface area contributed by atoms with Gasteiger partial charge in [-0.3, -0.25) is 4.90 Å². The fourth-order valence-corrected chi connectivity index (χ4v) is 3.55. The smallest absolute Gasteiger partial charge is 0.0195 e. The highest BCUT2D eigenvalue weighted by Gasteiger charge is 2.35. The van der Waals surface area contributed by atoms with Crippen LogP contribution in [0.1, 0.15) is 44.6 Å². The zero-order valence-electron chi connectivity index (χ0n) is 12.7. The molecule has 0 amide bonds. The Hall–Kier alpha value is -0.860. The minimum absolute atomic E-state index is 0.715. The lowest BCUT2D eigenvalue weighted by atomic mass is 10.0. The highest BCUT2D eigenvalue weighted by Crippen LogP contribution is 2.31. The minimum Gasteiger partial charge on any atom is -0.313 e. The summed E-state index contributed by atoms with van der Waals surface area (Å²) < 4.78 is 0. The molecule has 1 heterocycles. The molecular formula is C18H28N2. The molecule has 0 spiro atoms. The Labute approximate surface area is 123 Å². The Morgan fingerprint density at radius 3 is 2.60 bits per heavy atom. The number of nitrogens with zero attached hydrogens (tertiary/aromatic N) is 1. The predicted octanol–water partition coefficient (Wildman–Crippen LogP) is 3.22. The van der Waals surface area contributed by atoms with Crippen LogP contribution in [0.3, 0.4) is 0 Å². The topological polar surface area (TPSA) is 15.3 Å². The zero-order valence-corrected chi connectivity index (χ0v) is 12.7. The Kier molecular flexibility index (Phi) is 4.74. The van der Waals surface area contributed by atoms with Crippen LogP contribution < -0.4 is 5.32 Å². The van der Waals surface area contributed by atoms with Gasteiger partial charge in [-0.15, -0.1) is 0 Å². The van der Waals surface area contributed by atoms with Crippen LogP contribution in [0, 0.1) is 0 Å². The molecule has 0 bridgehead atoms. The van der Waals surface area contributed by atoms with Crippen LogP contribution in [0.15, 0.2) is 30.3 Å². The summed E-state index contributed by atoms with van der Waals surface area (Å²) in [4.78, 5) is 2.82. The van der Waals surface area contributed by atoms with E-state index in [1.165, 1.54) is 57.2 Å². The average molecular weight is 272 g/mol. The summed E-state index contributed by atoms with van der Waals surface area (Å²) in [5.41, 5.74) is 1.49. The van der Waals surface area contributed by atoms with Crippen LogP contribution in [0.25, 0.3) is 0 Å². The molecule has 2 nitrogen and oxygen atoms in total. The van der Waals surface area contributed by atoms with Crippen LogP contribution in [0.5, 0.6) is 0 Å². The van der Waals surface area contributed by atoms with Crippen molar-refractivity contribution in [2.45, 2.75) is 63.6 Å². The lowest BCUT2D eigenvalue weighted by molar-refractivity contribution is 0.164. The molecule has 20 heavy (non-hydrogen) atoms. The highest BCUT2D eigenvalue weighted by atomic mass is 15.2. The monoisotopic (exact) mass is 272 g/mol. The Morgan fingerprint density at radius 2 is 2.00 bits per heavy atom. The number of hydrogen-bond donors (Lipinski definition) is 1. The first-order chi connectivity index (χ1) is 9.86. The summed E-state index contributed by atoms with van der Waals surface area (Å²) in [6.07, 6.45) is 8.03. The molecule has 3 rings (SSSR count). The van der Waals surface area contributed by atoms with E-state index in [9.17, 15) is 0 Å².